The van der Waals surface area contributed by atoms with Gasteiger partial charge in [-0.2, -0.15) is 0 Å². The van der Waals surface area contributed by atoms with Crippen molar-refractivity contribution >= 4 is 32.9 Å². The van der Waals surface area contributed by atoms with Gasteiger partial charge in [0.15, 0.2) is 5.58 Å². The standard InChI is InChI=1S/C47H36N2O/c1-3-31(2)36-19-12-20-43-46(36)50-47(48-43)34-25-23-32(24-26-34)37-13-4-6-15-39(37)40-16-7-5-14-38(40)33-27-29-35(30-28-33)49-44-21-10-8-17-41(44)42-18-9-11-22-45(42)49/h4-31H,3H2,1-2H3. The molecule has 3 heteroatoms. The second-order valence-corrected chi connectivity index (χ2v) is 13.1. The summed E-state index contributed by atoms with van der Waals surface area (Å²) in [6, 6.07) is 58.6. The van der Waals surface area contributed by atoms with Crippen molar-refractivity contribution in [3.05, 3.63) is 169 Å². The average molecular weight is 645 g/mol. The van der Waals surface area contributed by atoms with E-state index >= 15 is 0 Å². The van der Waals surface area contributed by atoms with Gasteiger partial charge in [0.05, 0.1) is 11.0 Å². The molecule has 1 atom stereocenters. The molecule has 50 heavy (non-hydrogen) atoms. The molecule has 0 radical (unpaired) electrons. The predicted octanol–water partition coefficient (Wildman–Crippen LogP) is 13.1. The number of fused-ring (bicyclic) bond motifs is 4. The molecule has 2 heterocycles. The molecule has 0 N–H and O–H groups in total. The Bertz CT molecular complexity index is 2590. The van der Waals surface area contributed by atoms with Crippen LogP contribution in [-0.2, 0) is 0 Å². The zero-order valence-corrected chi connectivity index (χ0v) is 28.2. The first-order valence-corrected chi connectivity index (χ1v) is 17.5. The third kappa shape index (κ3) is 5.02. The Kier molecular flexibility index (Phi) is 7.39. The zero-order chi connectivity index (χ0) is 33.6. The lowest BCUT2D eigenvalue weighted by Crippen LogP contribution is -1.94. The summed E-state index contributed by atoms with van der Waals surface area (Å²) in [5.41, 5.74) is 14.7. The zero-order valence-electron chi connectivity index (χ0n) is 28.2. The number of hydrogen-bond acceptors (Lipinski definition) is 2. The number of benzene rings is 7. The average Bonchev–Trinajstić information content (AvgIpc) is 3.78. The van der Waals surface area contributed by atoms with Crippen LogP contribution in [0, 0.1) is 0 Å². The minimum Gasteiger partial charge on any atom is -0.436 e. The van der Waals surface area contributed by atoms with Crippen LogP contribution in [-0.4, -0.2) is 9.55 Å². The van der Waals surface area contributed by atoms with Crippen molar-refractivity contribution in [2.45, 2.75) is 26.2 Å². The van der Waals surface area contributed by atoms with Crippen molar-refractivity contribution in [1.29, 1.82) is 0 Å². The molecule has 7 aromatic carbocycles. The Labute approximate surface area is 292 Å². The minimum atomic E-state index is 0.416. The lowest BCUT2D eigenvalue weighted by Gasteiger charge is -2.15. The van der Waals surface area contributed by atoms with Gasteiger partial charge in [-0.15, -0.1) is 0 Å². The molecule has 9 rings (SSSR count). The van der Waals surface area contributed by atoms with Gasteiger partial charge in [0.1, 0.15) is 5.52 Å². The molecule has 0 spiro atoms. The van der Waals surface area contributed by atoms with Crippen LogP contribution in [0.15, 0.2) is 168 Å². The topological polar surface area (TPSA) is 31.0 Å². The van der Waals surface area contributed by atoms with E-state index in [1.54, 1.807) is 0 Å². The van der Waals surface area contributed by atoms with Crippen LogP contribution in [0.4, 0.5) is 0 Å². The first kappa shape index (κ1) is 29.9. The van der Waals surface area contributed by atoms with E-state index < -0.39 is 0 Å². The van der Waals surface area contributed by atoms with Gasteiger partial charge in [-0.05, 0) is 93.7 Å². The highest BCUT2D eigenvalue weighted by Gasteiger charge is 2.17. The maximum atomic E-state index is 6.37. The van der Waals surface area contributed by atoms with Crippen molar-refractivity contribution in [1.82, 2.24) is 9.55 Å². The van der Waals surface area contributed by atoms with Gasteiger partial charge in [-0.25, -0.2) is 4.98 Å². The molecule has 3 nitrogen and oxygen atoms in total. The Balaban J connectivity index is 1.07. The van der Waals surface area contributed by atoms with Crippen LogP contribution < -0.4 is 0 Å². The normalized spacial score (nSPS) is 12.2. The SMILES string of the molecule is CCC(C)c1cccc2nc(-c3ccc(-c4ccccc4-c4ccccc4-c4ccc(-n5c6ccccc6c6ccccc65)cc4)cc3)oc12. The maximum Gasteiger partial charge on any atom is 0.227 e. The van der Waals surface area contributed by atoms with Gasteiger partial charge >= 0.3 is 0 Å². The second-order valence-electron chi connectivity index (χ2n) is 13.1. The molecule has 0 aliphatic heterocycles. The summed E-state index contributed by atoms with van der Waals surface area (Å²) in [4.78, 5) is 4.86. The number of oxazole rings is 1. The highest BCUT2D eigenvalue weighted by Crippen LogP contribution is 2.40. The molecule has 0 fully saturated rings. The lowest BCUT2D eigenvalue weighted by atomic mass is 9.89. The van der Waals surface area contributed by atoms with Crippen molar-refractivity contribution < 1.29 is 4.42 Å². The van der Waals surface area contributed by atoms with E-state index in [9.17, 15) is 0 Å². The Hall–Kier alpha value is -6.19. The number of hydrogen-bond donors (Lipinski definition) is 0. The van der Waals surface area contributed by atoms with E-state index in [2.05, 4.69) is 176 Å². The summed E-state index contributed by atoms with van der Waals surface area (Å²) < 4.78 is 8.74. The lowest BCUT2D eigenvalue weighted by molar-refractivity contribution is 0.606. The van der Waals surface area contributed by atoms with Crippen molar-refractivity contribution in [3.8, 4) is 50.5 Å². The Morgan fingerprint density at radius 3 is 1.60 bits per heavy atom. The summed E-state index contributed by atoms with van der Waals surface area (Å²) in [6.07, 6.45) is 1.06. The van der Waals surface area contributed by atoms with Gasteiger partial charge in [0, 0.05) is 22.0 Å². The van der Waals surface area contributed by atoms with Crippen molar-refractivity contribution in [3.63, 3.8) is 0 Å². The molecule has 0 saturated carbocycles. The fraction of sp³-hybridized carbons (Fsp3) is 0.0851. The van der Waals surface area contributed by atoms with E-state index in [1.165, 1.54) is 55.2 Å². The van der Waals surface area contributed by atoms with E-state index in [4.69, 9.17) is 9.40 Å². The van der Waals surface area contributed by atoms with Gasteiger partial charge in [-0.3, -0.25) is 0 Å². The van der Waals surface area contributed by atoms with Crippen LogP contribution >= 0.6 is 0 Å². The molecule has 240 valence electrons. The molecule has 0 bridgehead atoms. The molecule has 1 unspecified atom stereocenters. The monoisotopic (exact) mass is 644 g/mol. The van der Waals surface area contributed by atoms with Crippen molar-refractivity contribution in [2.24, 2.45) is 0 Å². The molecule has 0 amide bonds. The molecule has 9 aromatic rings. The maximum absolute atomic E-state index is 6.37. The van der Waals surface area contributed by atoms with E-state index in [0.717, 1.165) is 34.3 Å². The van der Waals surface area contributed by atoms with Crippen LogP contribution in [0.5, 0.6) is 0 Å². The predicted molar refractivity (Wildman–Crippen MR) is 209 cm³/mol. The molecule has 0 aliphatic carbocycles. The van der Waals surface area contributed by atoms with Gasteiger partial charge in [0.25, 0.3) is 0 Å². The molecule has 2 aromatic heterocycles. The molecule has 0 saturated heterocycles. The highest BCUT2D eigenvalue weighted by molar-refractivity contribution is 6.09. The fourth-order valence-electron chi connectivity index (χ4n) is 7.42. The van der Waals surface area contributed by atoms with Gasteiger partial charge in [-0.1, -0.05) is 135 Å². The summed E-state index contributed by atoms with van der Waals surface area (Å²) in [6.45, 7) is 4.45. The Morgan fingerprint density at radius 2 is 1.02 bits per heavy atom. The summed E-state index contributed by atoms with van der Waals surface area (Å²) >= 11 is 0. The van der Waals surface area contributed by atoms with E-state index in [1.807, 2.05) is 6.07 Å². The second kappa shape index (κ2) is 12.4. The van der Waals surface area contributed by atoms with Crippen LogP contribution in [0.1, 0.15) is 31.7 Å². The smallest absolute Gasteiger partial charge is 0.227 e. The molecular formula is C47H36N2O. The van der Waals surface area contributed by atoms with E-state index in [-0.39, 0.29) is 0 Å². The number of rotatable bonds is 7. The third-order valence-corrected chi connectivity index (χ3v) is 10.2. The molecular weight excluding hydrogens is 609 g/mol. The fourth-order valence-corrected chi connectivity index (χ4v) is 7.42. The first-order valence-electron chi connectivity index (χ1n) is 17.5. The van der Waals surface area contributed by atoms with Crippen LogP contribution in [0.25, 0.3) is 83.4 Å². The van der Waals surface area contributed by atoms with Gasteiger partial charge < -0.3 is 8.98 Å². The molecule has 0 aliphatic rings. The van der Waals surface area contributed by atoms with Crippen LogP contribution in [0.3, 0.4) is 0 Å². The number of para-hydroxylation sites is 3. The minimum absolute atomic E-state index is 0.416. The van der Waals surface area contributed by atoms with Gasteiger partial charge in [0.2, 0.25) is 5.89 Å². The third-order valence-electron chi connectivity index (χ3n) is 10.2. The number of nitrogens with zero attached hydrogens (tertiary/aromatic N) is 2. The summed E-state index contributed by atoms with van der Waals surface area (Å²) in [7, 11) is 0. The van der Waals surface area contributed by atoms with E-state index in [0.29, 0.717) is 11.8 Å². The van der Waals surface area contributed by atoms with Crippen molar-refractivity contribution in [2.75, 3.05) is 0 Å². The Morgan fingerprint density at radius 1 is 0.520 bits per heavy atom. The quantitative estimate of drug-likeness (QED) is 0.173. The van der Waals surface area contributed by atoms with Crippen LogP contribution in [0.2, 0.25) is 0 Å². The largest absolute Gasteiger partial charge is 0.436 e. The number of aromatic nitrogens is 2. The highest BCUT2D eigenvalue weighted by atomic mass is 16.3. The first-order chi connectivity index (χ1) is 24.7. The summed E-state index contributed by atoms with van der Waals surface area (Å²) in [5, 5.41) is 2.54. The summed E-state index contributed by atoms with van der Waals surface area (Å²) in [5.74, 6) is 1.07.